The first-order valence-electron chi connectivity index (χ1n) is 18.2. The second-order valence-corrected chi connectivity index (χ2v) is 13.8. The van der Waals surface area contributed by atoms with Crippen LogP contribution in [0.4, 0.5) is 0 Å². The summed E-state index contributed by atoms with van der Waals surface area (Å²) in [5.41, 5.74) is 17.2. The maximum atomic E-state index is 13.8. The number of unbranched alkanes of at least 4 members (excludes halogenated alkanes) is 2. The van der Waals surface area contributed by atoms with E-state index < -0.39 is 90.1 Å². The zero-order chi connectivity index (χ0) is 38.7. The zero-order valence-electron chi connectivity index (χ0n) is 30.7. The van der Waals surface area contributed by atoms with Crippen LogP contribution in [-0.4, -0.2) is 112 Å². The van der Waals surface area contributed by atoms with E-state index in [1.54, 1.807) is 13.8 Å². The van der Waals surface area contributed by atoms with Gasteiger partial charge in [0.25, 0.3) is 0 Å². The number of nitrogens with zero attached hydrogens (tertiary/aromatic N) is 1. The van der Waals surface area contributed by atoms with E-state index in [9.17, 15) is 43.8 Å². The van der Waals surface area contributed by atoms with Gasteiger partial charge in [-0.3, -0.25) is 28.8 Å². The van der Waals surface area contributed by atoms with Gasteiger partial charge in [-0.1, -0.05) is 40.5 Å². The highest BCUT2D eigenvalue weighted by Gasteiger charge is 2.40. The molecule has 0 saturated carbocycles. The molecule has 0 spiro atoms. The summed E-state index contributed by atoms with van der Waals surface area (Å²) >= 11 is 0. The molecule has 7 atom stereocenters. The normalized spacial score (nSPS) is 17.8. The number of likely N-dealkylation sites (tertiary alicyclic amines) is 1. The van der Waals surface area contributed by atoms with Crippen LogP contribution >= 0.6 is 0 Å². The Morgan fingerprint density at radius 2 is 1.37 bits per heavy atom. The third-order valence-electron chi connectivity index (χ3n) is 9.10. The molecule has 1 saturated heterocycles. The van der Waals surface area contributed by atoms with Crippen molar-refractivity contribution in [3.63, 3.8) is 0 Å². The van der Waals surface area contributed by atoms with Gasteiger partial charge in [-0.2, -0.15) is 0 Å². The second-order valence-electron chi connectivity index (χ2n) is 13.8. The summed E-state index contributed by atoms with van der Waals surface area (Å²) in [6.45, 7) is 8.17. The zero-order valence-corrected chi connectivity index (χ0v) is 30.7. The number of carboxylic acid groups (broad SMARTS) is 2. The Hall–Kier alpha value is -3.83. The molecule has 12 N–H and O–H groups in total. The molecule has 17 nitrogen and oxygen atoms in total. The second kappa shape index (κ2) is 23.6. The molecule has 292 valence electrons. The predicted molar refractivity (Wildman–Crippen MR) is 190 cm³/mol. The van der Waals surface area contributed by atoms with Gasteiger partial charge in [-0.05, 0) is 82.7 Å². The van der Waals surface area contributed by atoms with Crippen LogP contribution in [0.1, 0.15) is 105 Å². The highest BCUT2D eigenvalue weighted by Crippen LogP contribution is 2.21. The molecule has 1 heterocycles. The number of amides is 5. The fourth-order valence-corrected chi connectivity index (χ4v) is 5.89. The first-order chi connectivity index (χ1) is 24.1. The van der Waals surface area contributed by atoms with Gasteiger partial charge in [0.05, 0.1) is 6.04 Å². The molecule has 0 radical (unpaired) electrons. The SMILES string of the molecule is CC[C@H](C)[C@H](NC(=O)[C@H](CCC(=O)O)NC(=O)[C@@H]1CCCN1C(=O)[C@H](CCCCN)NC(=O)[C@@H](N)CCCCN)C(=O)N[C@@H](CC(C)C)C(=O)O. The summed E-state index contributed by atoms with van der Waals surface area (Å²) in [6, 6.07) is -6.58. The third kappa shape index (κ3) is 15.9. The van der Waals surface area contributed by atoms with Crippen LogP contribution in [0, 0.1) is 11.8 Å². The van der Waals surface area contributed by atoms with Crippen molar-refractivity contribution in [3.05, 3.63) is 0 Å². The van der Waals surface area contributed by atoms with Gasteiger partial charge in [0, 0.05) is 13.0 Å². The van der Waals surface area contributed by atoms with E-state index in [4.69, 9.17) is 17.2 Å². The molecule has 0 bridgehead atoms. The first kappa shape index (κ1) is 45.2. The maximum absolute atomic E-state index is 13.8. The number of aliphatic carboxylic acids is 2. The fourth-order valence-electron chi connectivity index (χ4n) is 5.89. The molecule has 1 fully saturated rings. The van der Waals surface area contributed by atoms with E-state index in [0.717, 1.165) is 0 Å². The van der Waals surface area contributed by atoms with Crippen LogP contribution in [0.3, 0.4) is 0 Å². The van der Waals surface area contributed by atoms with Gasteiger partial charge in [-0.15, -0.1) is 0 Å². The van der Waals surface area contributed by atoms with Crippen molar-refractivity contribution < 1.29 is 43.8 Å². The Balaban J connectivity index is 3.21. The van der Waals surface area contributed by atoms with E-state index in [0.29, 0.717) is 58.0 Å². The molecule has 51 heavy (non-hydrogen) atoms. The van der Waals surface area contributed by atoms with Crippen molar-refractivity contribution in [3.8, 4) is 0 Å². The average molecular weight is 727 g/mol. The van der Waals surface area contributed by atoms with Crippen molar-refractivity contribution in [1.82, 2.24) is 26.2 Å². The number of rotatable bonds is 25. The number of carbonyl (C=O) groups is 7. The molecule has 1 aliphatic rings. The van der Waals surface area contributed by atoms with Crippen LogP contribution < -0.4 is 38.5 Å². The molecule has 17 heteroatoms. The van der Waals surface area contributed by atoms with Crippen molar-refractivity contribution in [2.24, 2.45) is 29.0 Å². The first-order valence-corrected chi connectivity index (χ1v) is 18.2. The Kier molecular flexibility index (Phi) is 20.9. The van der Waals surface area contributed by atoms with Crippen LogP contribution in [0.15, 0.2) is 0 Å². The van der Waals surface area contributed by atoms with Crippen LogP contribution in [0.25, 0.3) is 0 Å². The fraction of sp³-hybridized carbons (Fsp3) is 0.794. The molecule has 0 unspecified atom stereocenters. The lowest BCUT2D eigenvalue weighted by Crippen LogP contribution is -2.60. The molecule has 0 aliphatic carbocycles. The maximum Gasteiger partial charge on any atom is 0.326 e. The largest absolute Gasteiger partial charge is 0.481 e. The quantitative estimate of drug-likeness (QED) is 0.0541. The minimum atomic E-state index is -1.39. The predicted octanol–water partition coefficient (Wildman–Crippen LogP) is -0.457. The number of carboxylic acids is 2. The summed E-state index contributed by atoms with van der Waals surface area (Å²) in [4.78, 5) is 92.0. The highest BCUT2D eigenvalue weighted by atomic mass is 16.4. The average Bonchev–Trinajstić information content (AvgIpc) is 3.57. The molecule has 1 rings (SSSR count). The van der Waals surface area contributed by atoms with Gasteiger partial charge < -0.3 is 53.6 Å². The van der Waals surface area contributed by atoms with E-state index in [2.05, 4.69) is 21.3 Å². The summed E-state index contributed by atoms with van der Waals surface area (Å²) in [5, 5.41) is 29.4. The topological polar surface area (TPSA) is 289 Å². The lowest BCUT2D eigenvalue weighted by atomic mass is 9.96. The van der Waals surface area contributed by atoms with Gasteiger partial charge in [0.2, 0.25) is 29.5 Å². The molecule has 0 aromatic heterocycles. The van der Waals surface area contributed by atoms with E-state index in [-0.39, 0.29) is 38.1 Å². The van der Waals surface area contributed by atoms with Crippen molar-refractivity contribution in [2.45, 2.75) is 141 Å². The Bertz CT molecular complexity index is 1170. The van der Waals surface area contributed by atoms with Crippen LogP contribution in [0.5, 0.6) is 0 Å². The third-order valence-corrected chi connectivity index (χ3v) is 9.10. The molecule has 5 amide bonds. The van der Waals surface area contributed by atoms with Crippen LogP contribution in [0.2, 0.25) is 0 Å². The number of nitrogens with one attached hydrogen (secondary N) is 4. The minimum absolute atomic E-state index is 0.0396. The number of nitrogens with two attached hydrogens (primary N) is 3. The lowest BCUT2D eigenvalue weighted by Gasteiger charge is -2.31. The Morgan fingerprint density at radius 1 is 0.765 bits per heavy atom. The Labute approximate surface area is 300 Å². The highest BCUT2D eigenvalue weighted by molar-refractivity contribution is 5.96. The van der Waals surface area contributed by atoms with Crippen molar-refractivity contribution in [2.75, 3.05) is 19.6 Å². The van der Waals surface area contributed by atoms with Gasteiger partial charge in [0.1, 0.15) is 30.2 Å². The van der Waals surface area contributed by atoms with E-state index in [1.807, 2.05) is 13.8 Å². The van der Waals surface area contributed by atoms with Crippen molar-refractivity contribution in [1.29, 1.82) is 0 Å². The summed E-state index contributed by atoms with van der Waals surface area (Å²) < 4.78 is 0. The minimum Gasteiger partial charge on any atom is -0.481 e. The smallest absolute Gasteiger partial charge is 0.326 e. The summed E-state index contributed by atoms with van der Waals surface area (Å²) in [5.74, 6) is -6.14. The standard InChI is InChI=1S/C34H62N8O9/c1-5-21(4)28(32(48)40-25(34(50)51)19-20(2)3)41-30(46)23(14-15-27(43)44)38-31(47)26-13-10-18-42(26)33(49)24(12-7-9-17-36)39-29(45)22(37)11-6-8-16-35/h20-26,28H,5-19,35-37H2,1-4H3,(H,38,47)(H,39,45)(H,40,48)(H,41,46)(H,43,44)(H,50,51)/t21-,22-,23-,24-,25-,26-,28-/m0/s1. The van der Waals surface area contributed by atoms with Crippen LogP contribution in [-0.2, 0) is 33.6 Å². The monoisotopic (exact) mass is 726 g/mol. The van der Waals surface area contributed by atoms with E-state index >= 15 is 0 Å². The summed E-state index contributed by atoms with van der Waals surface area (Å²) in [7, 11) is 0. The van der Waals surface area contributed by atoms with Gasteiger partial charge >= 0.3 is 11.9 Å². The lowest BCUT2D eigenvalue weighted by molar-refractivity contribution is -0.143. The molecule has 0 aromatic carbocycles. The van der Waals surface area contributed by atoms with Crippen molar-refractivity contribution >= 4 is 41.5 Å². The molecule has 0 aromatic rings. The number of hydrogen-bond donors (Lipinski definition) is 9. The summed E-state index contributed by atoms with van der Waals surface area (Å²) in [6.07, 6.45) is 3.68. The molecular weight excluding hydrogens is 664 g/mol. The molecular formula is C34H62N8O9. The van der Waals surface area contributed by atoms with Gasteiger partial charge in [0.15, 0.2) is 0 Å². The Morgan fingerprint density at radius 3 is 1.92 bits per heavy atom. The van der Waals surface area contributed by atoms with Gasteiger partial charge in [-0.25, -0.2) is 4.79 Å². The molecule has 1 aliphatic heterocycles. The number of hydrogen-bond acceptors (Lipinski definition) is 10. The van der Waals surface area contributed by atoms with E-state index in [1.165, 1.54) is 4.90 Å². The number of carbonyl (C=O) groups excluding carboxylic acids is 5.